The molecule has 0 atom stereocenters. The number of carboxylic acid groups (broad SMARTS) is 1. The molecule has 0 bridgehead atoms. The molecule has 1 aromatic rings. The van der Waals surface area contributed by atoms with Crippen molar-refractivity contribution in [2.45, 2.75) is 0 Å². The summed E-state index contributed by atoms with van der Waals surface area (Å²) in [6.07, 6.45) is 1.64. The first-order valence-corrected chi connectivity index (χ1v) is 6.02. The Morgan fingerprint density at radius 3 is 2.47 bits per heavy atom. The predicted octanol–water partition coefficient (Wildman–Crippen LogP) is -0.00480. The lowest BCUT2D eigenvalue weighted by Crippen LogP contribution is -2.36. The molecule has 19 heavy (non-hydrogen) atoms. The Hall–Kier alpha value is -1.89. The van der Waals surface area contributed by atoms with Gasteiger partial charge >= 0.3 is 5.97 Å². The van der Waals surface area contributed by atoms with E-state index in [9.17, 15) is 4.79 Å². The monoisotopic (exact) mass is 267 g/mol. The summed E-state index contributed by atoms with van der Waals surface area (Å²) < 4.78 is 0. The zero-order valence-electron chi connectivity index (χ0n) is 11.9. The molecular formula is C12H21N5O2. The van der Waals surface area contributed by atoms with E-state index in [1.54, 1.807) is 22.1 Å². The van der Waals surface area contributed by atoms with Gasteiger partial charge in [-0.05, 0) is 20.2 Å². The summed E-state index contributed by atoms with van der Waals surface area (Å²) in [6.45, 7) is 1.29. The number of carbonyl (C=O) groups is 1. The molecule has 0 aliphatic rings. The van der Waals surface area contributed by atoms with Gasteiger partial charge in [-0.15, -0.1) is 0 Å². The van der Waals surface area contributed by atoms with Crippen molar-refractivity contribution in [3.63, 3.8) is 0 Å². The van der Waals surface area contributed by atoms with E-state index in [4.69, 9.17) is 5.11 Å². The summed E-state index contributed by atoms with van der Waals surface area (Å²) in [7, 11) is 7.59. The van der Waals surface area contributed by atoms with Gasteiger partial charge in [-0.3, -0.25) is 4.79 Å². The molecule has 0 aliphatic heterocycles. The smallest absolute Gasteiger partial charge is 0.323 e. The predicted molar refractivity (Wildman–Crippen MR) is 74.8 cm³/mol. The van der Waals surface area contributed by atoms with Crippen molar-refractivity contribution in [1.29, 1.82) is 0 Å². The number of carboxylic acids is 1. The Kier molecular flexibility index (Phi) is 5.50. The van der Waals surface area contributed by atoms with Gasteiger partial charge < -0.3 is 19.8 Å². The number of likely N-dealkylation sites (N-methyl/N-ethyl adjacent to an activating group) is 1. The van der Waals surface area contributed by atoms with Crippen LogP contribution in [-0.4, -0.2) is 73.8 Å². The van der Waals surface area contributed by atoms with E-state index in [2.05, 4.69) is 9.97 Å². The fourth-order valence-corrected chi connectivity index (χ4v) is 1.49. The molecule has 0 aliphatic carbocycles. The molecule has 0 spiro atoms. The molecule has 7 nitrogen and oxygen atoms in total. The Morgan fingerprint density at radius 2 is 1.95 bits per heavy atom. The average Bonchev–Trinajstić information content (AvgIpc) is 2.34. The van der Waals surface area contributed by atoms with E-state index >= 15 is 0 Å². The van der Waals surface area contributed by atoms with Crippen molar-refractivity contribution in [3.8, 4) is 0 Å². The first-order valence-electron chi connectivity index (χ1n) is 6.02. The lowest BCUT2D eigenvalue weighted by Gasteiger charge is -2.24. The number of hydrogen-bond donors (Lipinski definition) is 1. The number of rotatable bonds is 7. The van der Waals surface area contributed by atoms with Crippen LogP contribution in [0.1, 0.15) is 0 Å². The van der Waals surface area contributed by atoms with Crippen LogP contribution in [0.3, 0.4) is 0 Å². The molecular weight excluding hydrogens is 246 g/mol. The van der Waals surface area contributed by atoms with Crippen LogP contribution in [0.2, 0.25) is 0 Å². The second-order valence-electron chi connectivity index (χ2n) is 4.73. The van der Waals surface area contributed by atoms with Gasteiger partial charge in [0.2, 0.25) is 5.95 Å². The molecule has 1 heterocycles. The summed E-state index contributed by atoms with van der Waals surface area (Å²) in [5, 5.41) is 8.98. The second kappa shape index (κ2) is 6.89. The fourth-order valence-electron chi connectivity index (χ4n) is 1.49. The van der Waals surface area contributed by atoms with Crippen LogP contribution >= 0.6 is 0 Å². The quantitative estimate of drug-likeness (QED) is 0.745. The lowest BCUT2D eigenvalue weighted by molar-refractivity contribution is -0.135. The van der Waals surface area contributed by atoms with Crippen LogP contribution < -0.4 is 9.80 Å². The van der Waals surface area contributed by atoms with Crippen LogP contribution in [0.15, 0.2) is 12.3 Å². The Balaban J connectivity index is 2.89. The fraction of sp³-hybridized carbons (Fsp3) is 0.583. The SMILES string of the molecule is CN(C)CCN(CC(=O)O)c1ccnc(N(C)C)n1. The van der Waals surface area contributed by atoms with Crippen molar-refractivity contribution < 1.29 is 9.90 Å². The summed E-state index contributed by atoms with van der Waals surface area (Å²) in [6, 6.07) is 1.73. The first-order chi connectivity index (χ1) is 8.90. The number of aromatic nitrogens is 2. The second-order valence-corrected chi connectivity index (χ2v) is 4.73. The Bertz CT molecular complexity index is 422. The minimum Gasteiger partial charge on any atom is -0.480 e. The largest absolute Gasteiger partial charge is 0.480 e. The molecule has 7 heteroatoms. The molecule has 1 N–H and O–H groups in total. The van der Waals surface area contributed by atoms with E-state index in [0.29, 0.717) is 18.3 Å². The van der Waals surface area contributed by atoms with E-state index < -0.39 is 5.97 Å². The highest BCUT2D eigenvalue weighted by Crippen LogP contribution is 2.13. The maximum Gasteiger partial charge on any atom is 0.323 e. The van der Waals surface area contributed by atoms with Crippen LogP contribution in [-0.2, 0) is 4.79 Å². The molecule has 0 radical (unpaired) electrons. The van der Waals surface area contributed by atoms with Crippen LogP contribution in [0.4, 0.5) is 11.8 Å². The van der Waals surface area contributed by atoms with E-state index in [1.165, 1.54) is 0 Å². The molecule has 1 aromatic heterocycles. The first kappa shape index (κ1) is 15.2. The normalized spacial score (nSPS) is 10.6. The minimum atomic E-state index is -0.872. The van der Waals surface area contributed by atoms with Crippen LogP contribution in [0.25, 0.3) is 0 Å². The van der Waals surface area contributed by atoms with Gasteiger partial charge in [0.1, 0.15) is 12.4 Å². The van der Waals surface area contributed by atoms with Crippen molar-refractivity contribution >= 4 is 17.7 Å². The molecule has 0 amide bonds. The highest BCUT2D eigenvalue weighted by atomic mass is 16.4. The average molecular weight is 267 g/mol. The van der Waals surface area contributed by atoms with Crippen molar-refractivity contribution in [2.24, 2.45) is 0 Å². The minimum absolute atomic E-state index is 0.0717. The molecule has 0 fully saturated rings. The zero-order valence-corrected chi connectivity index (χ0v) is 11.9. The van der Waals surface area contributed by atoms with Gasteiger partial charge in [0.15, 0.2) is 0 Å². The standard InChI is InChI=1S/C12H21N5O2/c1-15(2)7-8-17(9-11(18)19)10-5-6-13-12(14-10)16(3)4/h5-6H,7-9H2,1-4H3,(H,18,19). The van der Waals surface area contributed by atoms with Gasteiger partial charge in [-0.25, -0.2) is 4.98 Å². The zero-order chi connectivity index (χ0) is 14.4. The van der Waals surface area contributed by atoms with E-state index in [1.807, 2.05) is 33.1 Å². The summed E-state index contributed by atoms with van der Waals surface area (Å²) in [5.74, 6) is 0.324. The van der Waals surface area contributed by atoms with Gasteiger partial charge in [0, 0.05) is 33.4 Å². The highest BCUT2D eigenvalue weighted by molar-refractivity contribution is 5.73. The van der Waals surface area contributed by atoms with Crippen molar-refractivity contribution in [3.05, 3.63) is 12.3 Å². The number of anilines is 2. The number of nitrogens with zero attached hydrogens (tertiary/aromatic N) is 5. The number of hydrogen-bond acceptors (Lipinski definition) is 6. The highest BCUT2D eigenvalue weighted by Gasteiger charge is 2.13. The maximum absolute atomic E-state index is 10.9. The molecule has 106 valence electrons. The van der Waals surface area contributed by atoms with E-state index in [-0.39, 0.29) is 6.54 Å². The molecule has 1 rings (SSSR count). The molecule has 0 unspecified atom stereocenters. The Morgan fingerprint density at radius 1 is 1.26 bits per heavy atom. The molecule has 0 aromatic carbocycles. The number of aliphatic carboxylic acids is 1. The van der Waals surface area contributed by atoms with Gasteiger partial charge in [-0.2, -0.15) is 4.98 Å². The summed E-state index contributed by atoms with van der Waals surface area (Å²) in [4.78, 5) is 24.9. The van der Waals surface area contributed by atoms with Gasteiger partial charge in [-0.1, -0.05) is 0 Å². The van der Waals surface area contributed by atoms with Crippen molar-refractivity contribution in [2.75, 3.05) is 57.6 Å². The van der Waals surface area contributed by atoms with Crippen LogP contribution in [0, 0.1) is 0 Å². The third-order valence-electron chi connectivity index (χ3n) is 2.50. The third kappa shape index (κ3) is 5.09. The summed E-state index contributed by atoms with van der Waals surface area (Å²) >= 11 is 0. The topological polar surface area (TPSA) is 72.8 Å². The third-order valence-corrected chi connectivity index (χ3v) is 2.50. The molecule has 0 saturated heterocycles. The molecule has 0 saturated carbocycles. The van der Waals surface area contributed by atoms with E-state index in [0.717, 1.165) is 6.54 Å². The van der Waals surface area contributed by atoms with Gasteiger partial charge in [0.25, 0.3) is 0 Å². The van der Waals surface area contributed by atoms with Gasteiger partial charge in [0.05, 0.1) is 0 Å². The summed E-state index contributed by atoms with van der Waals surface area (Å²) in [5.41, 5.74) is 0. The van der Waals surface area contributed by atoms with Crippen LogP contribution in [0.5, 0.6) is 0 Å². The van der Waals surface area contributed by atoms with Crippen molar-refractivity contribution in [1.82, 2.24) is 14.9 Å². The Labute approximate surface area is 113 Å². The lowest BCUT2D eigenvalue weighted by atomic mass is 10.4. The maximum atomic E-state index is 10.9.